The standard InChI is InChI=1S/C18H23NO2/c1-3-15(14-19-4-2)20-17-10-12-18(13-11-17)21-16-8-6-5-7-9-16/h5-13,15,19H,3-4,14H2,1-2H3. The van der Waals surface area contributed by atoms with Gasteiger partial charge < -0.3 is 14.8 Å². The fourth-order valence-electron chi connectivity index (χ4n) is 1.98. The second kappa shape index (κ2) is 8.32. The zero-order chi connectivity index (χ0) is 14.9. The molecule has 0 aliphatic rings. The summed E-state index contributed by atoms with van der Waals surface area (Å²) in [6.45, 7) is 6.07. The van der Waals surface area contributed by atoms with Crippen molar-refractivity contribution in [1.82, 2.24) is 5.32 Å². The topological polar surface area (TPSA) is 30.5 Å². The van der Waals surface area contributed by atoms with Crippen LogP contribution in [0.25, 0.3) is 0 Å². The van der Waals surface area contributed by atoms with E-state index in [0.717, 1.165) is 36.8 Å². The minimum Gasteiger partial charge on any atom is -0.489 e. The van der Waals surface area contributed by atoms with E-state index in [1.54, 1.807) is 0 Å². The Bertz CT molecular complexity index is 511. The summed E-state index contributed by atoms with van der Waals surface area (Å²) in [7, 11) is 0. The number of rotatable bonds is 8. The molecule has 3 nitrogen and oxygen atoms in total. The highest BCUT2D eigenvalue weighted by Gasteiger charge is 2.07. The van der Waals surface area contributed by atoms with Crippen LogP contribution >= 0.6 is 0 Å². The summed E-state index contributed by atoms with van der Waals surface area (Å²) in [4.78, 5) is 0. The molecule has 21 heavy (non-hydrogen) atoms. The van der Waals surface area contributed by atoms with E-state index in [2.05, 4.69) is 19.2 Å². The first-order chi connectivity index (χ1) is 10.3. The number of likely N-dealkylation sites (N-methyl/N-ethyl adjacent to an activating group) is 1. The predicted molar refractivity (Wildman–Crippen MR) is 86.2 cm³/mol. The highest BCUT2D eigenvalue weighted by molar-refractivity contribution is 5.35. The van der Waals surface area contributed by atoms with E-state index >= 15 is 0 Å². The average Bonchev–Trinajstić information content (AvgIpc) is 2.54. The van der Waals surface area contributed by atoms with Crippen LogP contribution in [0, 0.1) is 0 Å². The molecule has 2 aromatic rings. The van der Waals surface area contributed by atoms with Gasteiger partial charge in [0, 0.05) is 6.54 Å². The van der Waals surface area contributed by atoms with Gasteiger partial charge in [0.2, 0.25) is 0 Å². The van der Waals surface area contributed by atoms with Gasteiger partial charge in [0.15, 0.2) is 0 Å². The monoisotopic (exact) mass is 285 g/mol. The van der Waals surface area contributed by atoms with E-state index in [-0.39, 0.29) is 6.10 Å². The first-order valence-electron chi connectivity index (χ1n) is 7.52. The summed E-state index contributed by atoms with van der Waals surface area (Å²) >= 11 is 0. The number of benzene rings is 2. The lowest BCUT2D eigenvalue weighted by molar-refractivity contribution is 0.194. The quantitative estimate of drug-likeness (QED) is 0.786. The van der Waals surface area contributed by atoms with Crippen molar-refractivity contribution in [3.05, 3.63) is 54.6 Å². The Hall–Kier alpha value is -2.00. The van der Waals surface area contributed by atoms with Crippen LogP contribution in [-0.2, 0) is 0 Å². The van der Waals surface area contributed by atoms with Crippen LogP contribution in [0.3, 0.4) is 0 Å². The van der Waals surface area contributed by atoms with Gasteiger partial charge in [-0.1, -0.05) is 32.0 Å². The summed E-state index contributed by atoms with van der Waals surface area (Å²) in [5.74, 6) is 2.53. The van der Waals surface area contributed by atoms with E-state index in [0.29, 0.717) is 0 Å². The predicted octanol–water partition coefficient (Wildman–Crippen LogP) is 4.25. The fraction of sp³-hybridized carbons (Fsp3) is 0.333. The lowest BCUT2D eigenvalue weighted by Crippen LogP contribution is -2.30. The van der Waals surface area contributed by atoms with E-state index in [1.165, 1.54) is 0 Å². The molecule has 0 aliphatic heterocycles. The Morgan fingerprint density at radius 2 is 1.48 bits per heavy atom. The number of hydrogen-bond acceptors (Lipinski definition) is 3. The normalized spacial score (nSPS) is 11.9. The van der Waals surface area contributed by atoms with Crippen LogP contribution < -0.4 is 14.8 Å². The van der Waals surface area contributed by atoms with Crippen molar-refractivity contribution in [3.8, 4) is 17.2 Å². The maximum Gasteiger partial charge on any atom is 0.127 e. The van der Waals surface area contributed by atoms with Crippen molar-refractivity contribution >= 4 is 0 Å². The third-order valence-corrected chi connectivity index (χ3v) is 3.18. The summed E-state index contributed by atoms with van der Waals surface area (Å²) in [5, 5.41) is 3.31. The lowest BCUT2D eigenvalue weighted by atomic mass is 10.2. The molecule has 0 saturated carbocycles. The molecule has 2 aromatic carbocycles. The van der Waals surface area contributed by atoms with E-state index in [4.69, 9.17) is 9.47 Å². The Balaban J connectivity index is 1.92. The average molecular weight is 285 g/mol. The van der Waals surface area contributed by atoms with Crippen molar-refractivity contribution in [3.63, 3.8) is 0 Å². The highest BCUT2D eigenvalue weighted by Crippen LogP contribution is 2.24. The lowest BCUT2D eigenvalue weighted by Gasteiger charge is -2.18. The first kappa shape index (κ1) is 15.4. The van der Waals surface area contributed by atoms with E-state index in [1.807, 2.05) is 54.6 Å². The van der Waals surface area contributed by atoms with Crippen LogP contribution in [0.4, 0.5) is 0 Å². The second-order valence-corrected chi connectivity index (χ2v) is 4.84. The smallest absolute Gasteiger partial charge is 0.127 e. The van der Waals surface area contributed by atoms with Crippen LogP contribution in [0.5, 0.6) is 17.2 Å². The van der Waals surface area contributed by atoms with Crippen molar-refractivity contribution in [2.75, 3.05) is 13.1 Å². The zero-order valence-corrected chi connectivity index (χ0v) is 12.7. The number of nitrogens with one attached hydrogen (secondary N) is 1. The molecule has 112 valence electrons. The minimum absolute atomic E-state index is 0.200. The number of ether oxygens (including phenoxy) is 2. The second-order valence-electron chi connectivity index (χ2n) is 4.84. The molecule has 0 amide bonds. The van der Waals surface area contributed by atoms with E-state index < -0.39 is 0 Å². The van der Waals surface area contributed by atoms with Gasteiger partial charge in [-0.05, 0) is 49.4 Å². The van der Waals surface area contributed by atoms with Gasteiger partial charge in [0.1, 0.15) is 23.4 Å². The maximum absolute atomic E-state index is 5.95. The van der Waals surface area contributed by atoms with Crippen molar-refractivity contribution in [1.29, 1.82) is 0 Å². The molecule has 1 atom stereocenters. The number of hydrogen-bond donors (Lipinski definition) is 1. The Morgan fingerprint density at radius 3 is 2.10 bits per heavy atom. The molecule has 2 rings (SSSR count). The van der Waals surface area contributed by atoms with Crippen LogP contribution in [0.1, 0.15) is 20.3 Å². The van der Waals surface area contributed by atoms with Gasteiger partial charge in [-0.2, -0.15) is 0 Å². The van der Waals surface area contributed by atoms with Gasteiger partial charge >= 0.3 is 0 Å². The van der Waals surface area contributed by atoms with Crippen molar-refractivity contribution in [2.45, 2.75) is 26.4 Å². The molecule has 0 saturated heterocycles. The summed E-state index contributed by atoms with van der Waals surface area (Å²) in [6, 6.07) is 17.5. The molecular formula is C18H23NO2. The highest BCUT2D eigenvalue weighted by atomic mass is 16.5. The summed E-state index contributed by atoms with van der Waals surface area (Å²) < 4.78 is 11.7. The van der Waals surface area contributed by atoms with Crippen molar-refractivity contribution < 1.29 is 9.47 Å². The molecule has 0 spiro atoms. The van der Waals surface area contributed by atoms with Gasteiger partial charge in [0.25, 0.3) is 0 Å². The molecule has 3 heteroatoms. The molecule has 0 radical (unpaired) electrons. The largest absolute Gasteiger partial charge is 0.489 e. The third-order valence-electron chi connectivity index (χ3n) is 3.18. The Kier molecular flexibility index (Phi) is 6.10. The molecule has 0 aliphatic carbocycles. The van der Waals surface area contributed by atoms with Gasteiger partial charge in [-0.15, -0.1) is 0 Å². The maximum atomic E-state index is 5.95. The van der Waals surface area contributed by atoms with Gasteiger partial charge in [-0.3, -0.25) is 0 Å². The molecule has 0 bridgehead atoms. The molecule has 0 fully saturated rings. The first-order valence-corrected chi connectivity index (χ1v) is 7.52. The number of para-hydroxylation sites is 1. The summed E-state index contributed by atoms with van der Waals surface area (Å²) in [6.07, 6.45) is 1.18. The Morgan fingerprint density at radius 1 is 0.857 bits per heavy atom. The fourth-order valence-corrected chi connectivity index (χ4v) is 1.98. The zero-order valence-electron chi connectivity index (χ0n) is 12.7. The molecular weight excluding hydrogens is 262 g/mol. The van der Waals surface area contributed by atoms with Gasteiger partial charge in [-0.25, -0.2) is 0 Å². The third kappa shape index (κ3) is 5.12. The SMILES string of the molecule is CCNCC(CC)Oc1ccc(Oc2ccccc2)cc1. The van der Waals surface area contributed by atoms with E-state index in [9.17, 15) is 0 Å². The van der Waals surface area contributed by atoms with Crippen LogP contribution in [0.2, 0.25) is 0 Å². The van der Waals surface area contributed by atoms with Crippen LogP contribution in [-0.4, -0.2) is 19.2 Å². The van der Waals surface area contributed by atoms with Gasteiger partial charge in [0.05, 0.1) is 0 Å². The minimum atomic E-state index is 0.200. The molecule has 1 unspecified atom stereocenters. The molecule has 0 heterocycles. The molecule has 1 N–H and O–H groups in total. The van der Waals surface area contributed by atoms with Crippen molar-refractivity contribution in [2.24, 2.45) is 0 Å². The Labute approximate surface area is 126 Å². The van der Waals surface area contributed by atoms with Crippen LogP contribution in [0.15, 0.2) is 54.6 Å². The summed E-state index contributed by atoms with van der Waals surface area (Å²) in [5.41, 5.74) is 0. The molecule has 0 aromatic heterocycles.